The van der Waals surface area contributed by atoms with Crippen molar-refractivity contribution in [3.63, 3.8) is 0 Å². The first-order valence-corrected chi connectivity index (χ1v) is 4.49. The summed E-state index contributed by atoms with van der Waals surface area (Å²) in [5.41, 5.74) is 6.53. The quantitative estimate of drug-likeness (QED) is 0.728. The molecule has 0 amide bonds. The van der Waals surface area contributed by atoms with Crippen molar-refractivity contribution in [3.8, 4) is 0 Å². The van der Waals surface area contributed by atoms with Gasteiger partial charge in [-0.2, -0.15) is 0 Å². The standard InChI is InChI=1S/C10H11FN2O/c11-7-3-1-2-6-4-8(9(14)5-12)13-10(6)7/h1-3,8,13H,4-5,12H2. The van der Waals surface area contributed by atoms with Crippen LogP contribution in [0.1, 0.15) is 5.56 Å². The number of ketones is 1. The maximum Gasteiger partial charge on any atom is 0.168 e. The molecule has 74 valence electrons. The van der Waals surface area contributed by atoms with Gasteiger partial charge in [0.25, 0.3) is 0 Å². The maximum atomic E-state index is 13.2. The molecule has 0 bridgehead atoms. The van der Waals surface area contributed by atoms with E-state index in [1.807, 2.05) is 6.07 Å². The molecule has 0 aliphatic carbocycles. The number of hydrogen-bond acceptors (Lipinski definition) is 3. The van der Waals surface area contributed by atoms with Crippen molar-refractivity contribution >= 4 is 11.5 Å². The summed E-state index contributed by atoms with van der Waals surface area (Å²) in [6.07, 6.45) is 0.531. The monoisotopic (exact) mass is 194 g/mol. The molecule has 2 rings (SSSR count). The lowest BCUT2D eigenvalue weighted by molar-refractivity contribution is -0.118. The fraction of sp³-hybridized carbons (Fsp3) is 0.300. The minimum atomic E-state index is -0.355. The predicted molar refractivity (Wildman–Crippen MR) is 51.6 cm³/mol. The molecule has 14 heavy (non-hydrogen) atoms. The van der Waals surface area contributed by atoms with Crippen molar-refractivity contribution < 1.29 is 9.18 Å². The molecule has 0 saturated heterocycles. The highest BCUT2D eigenvalue weighted by atomic mass is 19.1. The minimum absolute atomic E-state index is 0.00667. The Kier molecular flexibility index (Phi) is 2.21. The van der Waals surface area contributed by atoms with E-state index in [0.717, 1.165) is 5.56 Å². The van der Waals surface area contributed by atoms with Crippen LogP contribution < -0.4 is 11.1 Å². The number of halogens is 1. The number of Topliss-reactive ketones (excluding diaryl/α,β-unsaturated/α-hetero) is 1. The summed E-state index contributed by atoms with van der Waals surface area (Å²) in [6, 6.07) is 4.48. The van der Waals surface area contributed by atoms with E-state index < -0.39 is 0 Å². The second-order valence-corrected chi connectivity index (χ2v) is 3.35. The van der Waals surface area contributed by atoms with Gasteiger partial charge in [0.05, 0.1) is 18.3 Å². The van der Waals surface area contributed by atoms with Gasteiger partial charge in [-0.15, -0.1) is 0 Å². The number of fused-ring (bicyclic) bond motifs is 1. The largest absolute Gasteiger partial charge is 0.372 e. The summed E-state index contributed by atoms with van der Waals surface area (Å²) in [7, 11) is 0. The zero-order chi connectivity index (χ0) is 10.1. The Morgan fingerprint density at radius 1 is 1.64 bits per heavy atom. The molecule has 0 spiro atoms. The molecule has 1 aromatic carbocycles. The highest BCUT2D eigenvalue weighted by Crippen LogP contribution is 2.28. The highest BCUT2D eigenvalue weighted by Gasteiger charge is 2.27. The van der Waals surface area contributed by atoms with Crippen LogP contribution in [0.4, 0.5) is 10.1 Å². The predicted octanol–water partition coefficient (Wildman–Crippen LogP) is 0.690. The van der Waals surface area contributed by atoms with Gasteiger partial charge >= 0.3 is 0 Å². The number of para-hydroxylation sites is 1. The SMILES string of the molecule is NCC(=O)C1Cc2cccc(F)c2N1. The molecular weight excluding hydrogens is 183 g/mol. The molecule has 1 atom stereocenters. The molecule has 0 aromatic heterocycles. The Morgan fingerprint density at radius 3 is 3.07 bits per heavy atom. The Balaban J connectivity index is 2.26. The van der Waals surface area contributed by atoms with Gasteiger partial charge in [-0.3, -0.25) is 4.79 Å². The Bertz CT molecular complexity index is 378. The summed E-state index contributed by atoms with van der Waals surface area (Å²) < 4.78 is 13.2. The number of nitrogens with two attached hydrogens (primary N) is 1. The first-order valence-electron chi connectivity index (χ1n) is 4.49. The molecule has 1 aliphatic heterocycles. The van der Waals surface area contributed by atoms with Crippen molar-refractivity contribution in [3.05, 3.63) is 29.6 Å². The number of nitrogens with one attached hydrogen (secondary N) is 1. The van der Waals surface area contributed by atoms with Crippen LogP contribution in [0.2, 0.25) is 0 Å². The molecule has 0 radical (unpaired) electrons. The van der Waals surface area contributed by atoms with Crippen LogP contribution in [-0.2, 0) is 11.2 Å². The van der Waals surface area contributed by atoms with Crippen molar-refractivity contribution in [1.29, 1.82) is 0 Å². The molecule has 3 nitrogen and oxygen atoms in total. The molecular formula is C10H11FN2O. The minimum Gasteiger partial charge on any atom is -0.372 e. The van der Waals surface area contributed by atoms with Crippen LogP contribution in [0.3, 0.4) is 0 Å². The van der Waals surface area contributed by atoms with Gasteiger partial charge in [0.1, 0.15) is 5.82 Å². The lowest BCUT2D eigenvalue weighted by Crippen LogP contribution is -2.32. The van der Waals surface area contributed by atoms with Crippen molar-refractivity contribution in [1.82, 2.24) is 0 Å². The smallest absolute Gasteiger partial charge is 0.168 e. The average molecular weight is 194 g/mol. The summed E-state index contributed by atoms with van der Waals surface area (Å²) in [5.74, 6) is -0.393. The second-order valence-electron chi connectivity index (χ2n) is 3.35. The Labute approximate surface area is 81.1 Å². The summed E-state index contributed by atoms with van der Waals surface area (Å²) >= 11 is 0. The third kappa shape index (κ3) is 1.37. The summed E-state index contributed by atoms with van der Waals surface area (Å²) in [4.78, 5) is 11.3. The zero-order valence-corrected chi connectivity index (χ0v) is 7.59. The van der Waals surface area contributed by atoms with Crippen molar-refractivity contribution in [2.24, 2.45) is 5.73 Å². The average Bonchev–Trinajstić information content (AvgIpc) is 2.62. The maximum absolute atomic E-state index is 13.2. The van der Waals surface area contributed by atoms with E-state index in [-0.39, 0.29) is 24.2 Å². The van der Waals surface area contributed by atoms with Crippen molar-refractivity contribution in [2.45, 2.75) is 12.5 Å². The summed E-state index contributed by atoms with van der Waals surface area (Å²) in [6.45, 7) is -0.00667. The first kappa shape index (κ1) is 9.15. The highest BCUT2D eigenvalue weighted by molar-refractivity contribution is 5.90. The van der Waals surface area contributed by atoms with Gasteiger partial charge in [0.15, 0.2) is 5.78 Å². The second kappa shape index (κ2) is 3.38. The van der Waals surface area contributed by atoms with E-state index >= 15 is 0 Å². The normalized spacial score (nSPS) is 18.9. The molecule has 1 unspecified atom stereocenters. The van der Waals surface area contributed by atoms with Crippen LogP contribution >= 0.6 is 0 Å². The van der Waals surface area contributed by atoms with E-state index in [4.69, 9.17) is 5.73 Å². The first-order chi connectivity index (χ1) is 6.72. The number of hydrogen-bond donors (Lipinski definition) is 2. The Morgan fingerprint density at radius 2 is 2.43 bits per heavy atom. The molecule has 1 heterocycles. The number of carbonyl (C=O) groups is 1. The zero-order valence-electron chi connectivity index (χ0n) is 7.59. The van der Waals surface area contributed by atoms with Crippen LogP contribution in [0.25, 0.3) is 0 Å². The topological polar surface area (TPSA) is 55.1 Å². The molecule has 3 N–H and O–H groups in total. The van der Waals surface area contributed by atoms with E-state index in [1.54, 1.807) is 6.07 Å². The lowest BCUT2D eigenvalue weighted by atomic mass is 10.1. The lowest BCUT2D eigenvalue weighted by Gasteiger charge is -2.07. The molecule has 0 saturated carbocycles. The van der Waals surface area contributed by atoms with E-state index in [0.29, 0.717) is 12.1 Å². The van der Waals surface area contributed by atoms with Crippen LogP contribution in [0.15, 0.2) is 18.2 Å². The number of rotatable bonds is 2. The van der Waals surface area contributed by atoms with E-state index in [9.17, 15) is 9.18 Å². The van der Waals surface area contributed by atoms with Gasteiger partial charge in [-0.05, 0) is 11.6 Å². The van der Waals surface area contributed by atoms with Gasteiger partial charge in [-0.25, -0.2) is 4.39 Å². The third-order valence-electron chi connectivity index (χ3n) is 2.43. The van der Waals surface area contributed by atoms with Crippen LogP contribution in [-0.4, -0.2) is 18.4 Å². The summed E-state index contributed by atoms with van der Waals surface area (Å²) in [5, 5.41) is 2.85. The van der Waals surface area contributed by atoms with Gasteiger partial charge in [0, 0.05) is 6.42 Å². The van der Waals surface area contributed by atoms with Crippen LogP contribution in [0, 0.1) is 5.82 Å². The fourth-order valence-corrected chi connectivity index (χ4v) is 1.68. The van der Waals surface area contributed by atoms with Gasteiger partial charge < -0.3 is 11.1 Å². The number of carbonyl (C=O) groups excluding carboxylic acids is 1. The molecule has 4 heteroatoms. The van der Waals surface area contributed by atoms with E-state index in [1.165, 1.54) is 6.07 Å². The number of benzene rings is 1. The van der Waals surface area contributed by atoms with Crippen LogP contribution in [0.5, 0.6) is 0 Å². The molecule has 0 fully saturated rings. The van der Waals surface area contributed by atoms with E-state index in [2.05, 4.69) is 5.32 Å². The van der Waals surface area contributed by atoms with Gasteiger partial charge in [0.2, 0.25) is 0 Å². The Hall–Kier alpha value is -1.42. The third-order valence-corrected chi connectivity index (χ3v) is 2.43. The van der Waals surface area contributed by atoms with Crippen molar-refractivity contribution in [2.75, 3.05) is 11.9 Å². The molecule has 1 aromatic rings. The number of anilines is 1. The fourth-order valence-electron chi connectivity index (χ4n) is 1.68. The molecule has 1 aliphatic rings. The van der Waals surface area contributed by atoms with Gasteiger partial charge in [-0.1, -0.05) is 12.1 Å².